The molecule has 0 spiro atoms. The quantitative estimate of drug-likeness (QED) is 0.764. The lowest BCUT2D eigenvalue weighted by Crippen LogP contribution is -2.47. The fraction of sp³-hybridized carbons (Fsp3) is 0.583. The Balaban J connectivity index is 2.51. The first kappa shape index (κ1) is 13.7. The number of aromatic nitrogens is 1. The predicted octanol–water partition coefficient (Wildman–Crippen LogP) is 0.0675. The molecule has 0 saturated heterocycles. The Morgan fingerprint density at radius 3 is 2.71 bits per heavy atom. The summed E-state index contributed by atoms with van der Waals surface area (Å²) in [4.78, 5) is 13.7. The molecule has 5 nitrogen and oxygen atoms in total. The molecular formula is C12H21N3O2. The first-order valence-corrected chi connectivity index (χ1v) is 5.58. The van der Waals surface area contributed by atoms with E-state index in [1.165, 1.54) is 0 Å². The van der Waals surface area contributed by atoms with Crippen LogP contribution in [0.25, 0.3) is 0 Å². The van der Waals surface area contributed by atoms with E-state index in [9.17, 15) is 9.90 Å². The van der Waals surface area contributed by atoms with Crippen LogP contribution in [0.4, 0.5) is 0 Å². The lowest BCUT2D eigenvalue weighted by molar-refractivity contribution is 0.0324. The van der Waals surface area contributed by atoms with Crippen molar-refractivity contribution in [3.05, 3.63) is 24.0 Å². The third-order valence-electron chi connectivity index (χ3n) is 2.46. The van der Waals surface area contributed by atoms with Gasteiger partial charge in [-0.25, -0.2) is 0 Å². The highest BCUT2D eigenvalue weighted by Crippen LogP contribution is 2.04. The van der Waals surface area contributed by atoms with Crippen molar-refractivity contribution >= 4 is 5.91 Å². The molecule has 96 valence electrons. The van der Waals surface area contributed by atoms with Gasteiger partial charge in [0.2, 0.25) is 0 Å². The van der Waals surface area contributed by atoms with Crippen LogP contribution < -0.4 is 5.32 Å². The maximum atomic E-state index is 11.8. The minimum atomic E-state index is -0.926. The number of nitrogens with one attached hydrogen (secondary N) is 1. The molecule has 0 fully saturated rings. The summed E-state index contributed by atoms with van der Waals surface area (Å²) in [5.74, 6) is -0.170. The highest BCUT2D eigenvalue weighted by Gasteiger charge is 2.22. The number of carbonyl (C=O) groups is 1. The Labute approximate surface area is 102 Å². The highest BCUT2D eigenvalue weighted by atomic mass is 16.3. The second-order valence-electron chi connectivity index (χ2n) is 4.92. The Hall–Kier alpha value is -1.33. The summed E-state index contributed by atoms with van der Waals surface area (Å²) in [5, 5.41) is 12.8. The molecule has 2 N–H and O–H groups in total. The number of amides is 1. The van der Waals surface area contributed by atoms with E-state index in [-0.39, 0.29) is 12.5 Å². The molecule has 17 heavy (non-hydrogen) atoms. The molecule has 0 radical (unpaired) electrons. The number of rotatable bonds is 5. The van der Waals surface area contributed by atoms with Crippen LogP contribution in [-0.2, 0) is 7.05 Å². The van der Waals surface area contributed by atoms with Gasteiger partial charge in [-0.2, -0.15) is 0 Å². The van der Waals surface area contributed by atoms with Crippen LogP contribution in [0.5, 0.6) is 0 Å². The number of carbonyl (C=O) groups excluding carboxylic acids is 1. The summed E-state index contributed by atoms with van der Waals surface area (Å²) in [6.45, 7) is 2.44. The van der Waals surface area contributed by atoms with E-state index in [1.54, 1.807) is 17.6 Å². The van der Waals surface area contributed by atoms with Crippen LogP contribution in [0.2, 0.25) is 0 Å². The van der Waals surface area contributed by atoms with Crippen molar-refractivity contribution in [1.29, 1.82) is 0 Å². The molecule has 1 aromatic rings. The van der Waals surface area contributed by atoms with Crippen molar-refractivity contribution in [1.82, 2.24) is 14.8 Å². The van der Waals surface area contributed by atoms with Gasteiger partial charge >= 0.3 is 0 Å². The Kier molecular flexibility index (Phi) is 4.31. The van der Waals surface area contributed by atoms with Gasteiger partial charge in [-0.15, -0.1) is 0 Å². The maximum absolute atomic E-state index is 11.8. The Morgan fingerprint density at radius 1 is 1.59 bits per heavy atom. The van der Waals surface area contributed by atoms with E-state index in [0.717, 1.165) is 0 Å². The average molecular weight is 239 g/mol. The van der Waals surface area contributed by atoms with Crippen LogP contribution >= 0.6 is 0 Å². The number of likely N-dealkylation sites (N-methyl/N-ethyl adjacent to an activating group) is 1. The zero-order chi connectivity index (χ0) is 13.1. The molecule has 0 aliphatic rings. The Morgan fingerprint density at radius 2 is 2.24 bits per heavy atom. The fourth-order valence-electron chi connectivity index (χ4n) is 1.80. The second kappa shape index (κ2) is 5.33. The summed E-state index contributed by atoms with van der Waals surface area (Å²) in [7, 11) is 5.58. The Bertz CT molecular complexity index is 383. The van der Waals surface area contributed by atoms with E-state index < -0.39 is 5.60 Å². The molecule has 0 bridgehead atoms. The van der Waals surface area contributed by atoms with Crippen molar-refractivity contribution in [2.75, 3.05) is 27.2 Å². The molecule has 0 saturated carbocycles. The fourth-order valence-corrected chi connectivity index (χ4v) is 1.80. The molecular weight excluding hydrogens is 218 g/mol. The molecule has 0 aromatic carbocycles. The smallest absolute Gasteiger partial charge is 0.267 e. The lowest BCUT2D eigenvalue weighted by Gasteiger charge is -2.27. The molecule has 1 unspecified atom stereocenters. The van der Waals surface area contributed by atoms with Gasteiger partial charge in [-0.1, -0.05) is 0 Å². The van der Waals surface area contributed by atoms with Gasteiger partial charge < -0.3 is 19.9 Å². The molecule has 1 aromatic heterocycles. The summed E-state index contributed by atoms with van der Waals surface area (Å²) in [5.41, 5.74) is -0.338. The monoisotopic (exact) mass is 239 g/mol. The minimum Gasteiger partial charge on any atom is -0.387 e. The first-order chi connectivity index (χ1) is 7.82. The molecule has 5 heteroatoms. The zero-order valence-electron chi connectivity index (χ0n) is 10.9. The number of hydrogen-bond donors (Lipinski definition) is 2. The molecule has 0 aliphatic carbocycles. The van der Waals surface area contributed by atoms with E-state index in [2.05, 4.69) is 5.32 Å². The van der Waals surface area contributed by atoms with Gasteiger partial charge in [0.25, 0.3) is 5.91 Å². The average Bonchev–Trinajstić information content (AvgIpc) is 2.59. The molecule has 1 atom stereocenters. The molecule has 1 rings (SSSR count). The van der Waals surface area contributed by atoms with Gasteiger partial charge in [0.1, 0.15) is 5.69 Å². The van der Waals surface area contributed by atoms with E-state index in [1.807, 2.05) is 38.3 Å². The second-order valence-corrected chi connectivity index (χ2v) is 4.92. The van der Waals surface area contributed by atoms with Gasteiger partial charge in [-0.3, -0.25) is 4.79 Å². The SMILES string of the molecule is CN(C)CC(C)(O)CNC(=O)c1cccn1C. The van der Waals surface area contributed by atoms with E-state index in [4.69, 9.17) is 0 Å². The summed E-state index contributed by atoms with van der Waals surface area (Å²) < 4.78 is 1.75. The lowest BCUT2D eigenvalue weighted by atomic mass is 10.1. The maximum Gasteiger partial charge on any atom is 0.267 e. The molecule has 0 aliphatic heterocycles. The van der Waals surface area contributed by atoms with E-state index in [0.29, 0.717) is 12.2 Å². The molecule has 1 heterocycles. The van der Waals surface area contributed by atoms with Crippen LogP contribution in [-0.4, -0.2) is 53.3 Å². The third-order valence-corrected chi connectivity index (χ3v) is 2.46. The first-order valence-electron chi connectivity index (χ1n) is 5.58. The van der Waals surface area contributed by atoms with Crippen LogP contribution in [0, 0.1) is 0 Å². The highest BCUT2D eigenvalue weighted by molar-refractivity contribution is 5.92. The minimum absolute atomic E-state index is 0.170. The predicted molar refractivity (Wildman–Crippen MR) is 66.9 cm³/mol. The van der Waals surface area contributed by atoms with Gasteiger partial charge in [0, 0.05) is 26.3 Å². The zero-order valence-corrected chi connectivity index (χ0v) is 10.9. The number of nitrogens with zero attached hydrogens (tertiary/aromatic N) is 2. The normalized spacial score (nSPS) is 14.7. The number of aliphatic hydroxyl groups is 1. The standard InChI is InChI=1S/C12H21N3O2/c1-12(17,9-14(2)3)8-13-11(16)10-6-5-7-15(10)4/h5-7,17H,8-9H2,1-4H3,(H,13,16). The number of aryl methyl sites for hydroxylation is 1. The van der Waals surface area contributed by atoms with Crippen molar-refractivity contribution in [2.45, 2.75) is 12.5 Å². The van der Waals surface area contributed by atoms with E-state index >= 15 is 0 Å². The van der Waals surface area contributed by atoms with Crippen LogP contribution in [0.3, 0.4) is 0 Å². The summed E-state index contributed by atoms with van der Waals surface area (Å²) >= 11 is 0. The van der Waals surface area contributed by atoms with Crippen molar-refractivity contribution < 1.29 is 9.90 Å². The van der Waals surface area contributed by atoms with Crippen LogP contribution in [0.15, 0.2) is 18.3 Å². The molecule has 1 amide bonds. The largest absolute Gasteiger partial charge is 0.387 e. The third kappa shape index (κ3) is 4.20. The number of hydrogen-bond acceptors (Lipinski definition) is 3. The van der Waals surface area contributed by atoms with Crippen molar-refractivity contribution in [3.8, 4) is 0 Å². The van der Waals surface area contributed by atoms with Crippen LogP contribution in [0.1, 0.15) is 17.4 Å². The van der Waals surface area contributed by atoms with Crippen molar-refractivity contribution in [3.63, 3.8) is 0 Å². The van der Waals surface area contributed by atoms with Crippen molar-refractivity contribution in [2.24, 2.45) is 7.05 Å². The topological polar surface area (TPSA) is 57.5 Å². The summed E-state index contributed by atoms with van der Waals surface area (Å²) in [6.07, 6.45) is 1.81. The summed E-state index contributed by atoms with van der Waals surface area (Å²) in [6, 6.07) is 3.56. The van der Waals surface area contributed by atoms with Gasteiger partial charge in [0.15, 0.2) is 0 Å². The van der Waals surface area contributed by atoms with Gasteiger partial charge in [0.05, 0.1) is 5.60 Å². The van der Waals surface area contributed by atoms with Gasteiger partial charge in [-0.05, 0) is 33.2 Å².